The average molecular weight is 320 g/mol. The minimum absolute atomic E-state index is 0.106. The number of ether oxygens (including phenoxy) is 1. The Hall–Kier alpha value is -1.74. The molecule has 0 radical (unpaired) electrons. The lowest BCUT2D eigenvalue weighted by molar-refractivity contribution is -0.127. The van der Waals surface area contributed by atoms with E-state index >= 15 is 0 Å². The minimum atomic E-state index is -4.38. The van der Waals surface area contributed by atoms with Gasteiger partial charge in [0.15, 0.2) is 17.7 Å². The van der Waals surface area contributed by atoms with Crippen LogP contribution >= 0.6 is 0 Å². The van der Waals surface area contributed by atoms with Gasteiger partial charge in [-0.15, -0.1) is 0 Å². The summed E-state index contributed by atoms with van der Waals surface area (Å²) >= 11 is 0. The maximum Gasteiger partial charge on any atom is 0.260 e. The number of hydrogen-bond acceptors (Lipinski definition) is 4. The third kappa shape index (κ3) is 3.67. The summed E-state index contributed by atoms with van der Waals surface area (Å²) in [7, 11) is -4.38. The Morgan fingerprint density at radius 2 is 2.00 bits per heavy atom. The van der Waals surface area contributed by atoms with Crippen molar-refractivity contribution in [1.82, 2.24) is 5.32 Å². The summed E-state index contributed by atoms with van der Waals surface area (Å²) in [6.45, 7) is 1.38. The van der Waals surface area contributed by atoms with Crippen LogP contribution in [0.25, 0.3) is 0 Å². The molecule has 1 saturated carbocycles. The molecule has 0 bridgehead atoms. The van der Waals surface area contributed by atoms with Gasteiger partial charge in [-0.3, -0.25) is 4.79 Å². The highest BCUT2D eigenvalue weighted by atomic mass is 32.2. The van der Waals surface area contributed by atoms with Gasteiger partial charge in [-0.25, -0.2) is 17.9 Å². The van der Waals surface area contributed by atoms with Crippen molar-refractivity contribution in [3.8, 4) is 5.75 Å². The summed E-state index contributed by atoms with van der Waals surface area (Å²) < 4.78 is 54.5. The molecule has 0 heterocycles. The molecule has 0 saturated heterocycles. The molecular weight excluding hydrogens is 306 g/mol. The van der Waals surface area contributed by atoms with E-state index in [9.17, 15) is 22.0 Å². The smallest absolute Gasteiger partial charge is 0.260 e. The fourth-order valence-corrected chi connectivity index (χ4v) is 2.21. The number of carbonyl (C=O) groups is 1. The van der Waals surface area contributed by atoms with Crippen LogP contribution in [0.3, 0.4) is 0 Å². The number of nitrogens with two attached hydrogens (primary N) is 1. The summed E-state index contributed by atoms with van der Waals surface area (Å²) in [4.78, 5) is 10.7. The van der Waals surface area contributed by atoms with Crippen LogP contribution in [0.1, 0.15) is 19.8 Å². The van der Waals surface area contributed by atoms with E-state index in [1.54, 1.807) is 0 Å². The lowest BCUT2D eigenvalue weighted by Crippen LogP contribution is -2.37. The summed E-state index contributed by atoms with van der Waals surface area (Å²) in [5, 5.41) is 7.40. The number of rotatable bonds is 5. The van der Waals surface area contributed by atoms with Crippen LogP contribution in [0, 0.1) is 11.6 Å². The number of sulfonamides is 1. The molecule has 1 aromatic rings. The van der Waals surface area contributed by atoms with Crippen molar-refractivity contribution in [2.75, 3.05) is 0 Å². The topological polar surface area (TPSA) is 98.5 Å². The lowest BCUT2D eigenvalue weighted by Gasteiger charge is -2.15. The van der Waals surface area contributed by atoms with Gasteiger partial charge in [0.05, 0.1) is 0 Å². The first-order valence-electron chi connectivity index (χ1n) is 6.18. The van der Waals surface area contributed by atoms with E-state index in [0.29, 0.717) is 0 Å². The molecule has 21 heavy (non-hydrogen) atoms. The van der Waals surface area contributed by atoms with E-state index in [1.807, 2.05) is 0 Å². The van der Waals surface area contributed by atoms with Crippen LogP contribution in [-0.4, -0.2) is 26.5 Å². The van der Waals surface area contributed by atoms with Gasteiger partial charge < -0.3 is 10.1 Å². The molecule has 1 aliphatic rings. The van der Waals surface area contributed by atoms with Crippen molar-refractivity contribution in [1.29, 1.82) is 0 Å². The van der Waals surface area contributed by atoms with E-state index in [4.69, 9.17) is 9.88 Å². The highest BCUT2D eigenvalue weighted by molar-refractivity contribution is 7.89. The third-order valence-electron chi connectivity index (χ3n) is 2.91. The zero-order valence-corrected chi connectivity index (χ0v) is 11.9. The van der Waals surface area contributed by atoms with Gasteiger partial charge in [0.1, 0.15) is 4.90 Å². The molecule has 3 N–H and O–H groups in total. The normalized spacial score (nSPS) is 16.4. The highest BCUT2D eigenvalue weighted by Gasteiger charge is 2.28. The maximum absolute atomic E-state index is 13.7. The molecule has 0 aromatic heterocycles. The second-order valence-electron chi connectivity index (χ2n) is 4.78. The molecule has 1 aromatic carbocycles. The van der Waals surface area contributed by atoms with E-state index in [1.165, 1.54) is 6.92 Å². The maximum atomic E-state index is 13.7. The first-order valence-corrected chi connectivity index (χ1v) is 7.72. The van der Waals surface area contributed by atoms with Crippen LogP contribution in [-0.2, 0) is 14.8 Å². The number of carbonyl (C=O) groups excluding carboxylic acids is 1. The zero-order valence-electron chi connectivity index (χ0n) is 11.1. The Balaban J connectivity index is 2.17. The van der Waals surface area contributed by atoms with Crippen molar-refractivity contribution >= 4 is 15.9 Å². The van der Waals surface area contributed by atoms with Crippen LogP contribution in [0.2, 0.25) is 0 Å². The van der Waals surface area contributed by atoms with E-state index in [0.717, 1.165) is 25.0 Å². The summed E-state index contributed by atoms with van der Waals surface area (Å²) in [6, 6.07) is 1.81. The molecule has 116 valence electrons. The van der Waals surface area contributed by atoms with Gasteiger partial charge >= 0.3 is 0 Å². The number of halogens is 2. The lowest BCUT2D eigenvalue weighted by atomic mass is 10.3. The van der Waals surface area contributed by atoms with E-state index in [-0.39, 0.29) is 6.04 Å². The van der Waals surface area contributed by atoms with Crippen LogP contribution in [0.5, 0.6) is 5.75 Å². The van der Waals surface area contributed by atoms with Gasteiger partial charge in [0.2, 0.25) is 15.8 Å². The van der Waals surface area contributed by atoms with Crippen LogP contribution in [0.15, 0.2) is 17.0 Å². The Labute approximate surface area is 120 Å². The molecule has 1 amide bonds. The van der Waals surface area contributed by atoms with Gasteiger partial charge in [0.25, 0.3) is 5.91 Å². The standard InChI is InChI=1S/C12H14F2N2O4S/c1-6(12(17)16-7-2-3-7)20-8-4-5-9(21(15,18)19)11(14)10(8)13/h4-7H,2-3H2,1H3,(H,16,17)(H2,15,18,19). The molecule has 6 nitrogen and oxygen atoms in total. The molecule has 1 aliphatic carbocycles. The summed E-state index contributed by atoms with van der Waals surface area (Å²) in [5.74, 6) is -4.15. The number of primary sulfonamides is 1. The number of nitrogens with one attached hydrogen (secondary N) is 1. The van der Waals surface area contributed by atoms with Crippen molar-refractivity contribution in [2.45, 2.75) is 36.8 Å². The predicted molar refractivity (Wildman–Crippen MR) is 69.0 cm³/mol. The number of amides is 1. The summed E-state index contributed by atoms with van der Waals surface area (Å²) in [6.07, 6.45) is 0.717. The number of hydrogen-bond donors (Lipinski definition) is 2. The van der Waals surface area contributed by atoms with Crippen molar-refractivity contribution in [2.24, 2.45) is 5.14 Å². The zero-order chi connectivity index (χ0) is 15.8. The molecule has 2 rings (SSSR count). The van der Waals surface area contributed by atoms with Crippen molar-refractivity contribution in [3.05, 3.63) is 23.8 Å². The fraction of sp³-hybridized carbons (Fsp3) is 0.417. The predicted octanol–water partition coefficient (Wildman–Crippen LogP) is 0.658. The molecule has 0 aliphatic heterocycles. The quantitative estimate of drug-likeness (QED) is 0.832. The van der Waals surface area contributed by atoms with E-state index in [2.05, 4.69) is 5.32 Å². The van der Waals surface area contributed by atoms with Crippen molar-refractivity contribution in [3.63, 3.8) is 0 Å². The molecule has 1 atom stereocenters. The second-order valence-corrected chi connectivity index (χ2v) is 6.31. The average Bonchev–Trinajstić information content (AvgIpc) is 3.17. The van der Waals surface area contributed by atoms with Gasteiger partial charge in [-0.2, -0.15) is 4.39 Å². The number of benzene rings is 1. The van der Waals surface area contributed by atoms with Crippen LogP contribution < -0.4 is 15.2 Å². The SMILES string of the molecule is CC(Oc1ccc(S(N)(=O)=O)c(F)c1F)C(=O)NC1CC1. The van der Waals surface area contributed by atoms with Gasteiger partial charge in [0, 0.05) is 6.04 Å². The molecule has 0 spiro atoms. The third-order valence-corrected chi connectivity index (χ3v) is 3.84. The molecule has 9 heteroatoms. The Morgan fingerprint density at radius 1 is 1.38 bits per heavy atom. The monoisotopic (exact) mass is 320 g/mol. The largest absolute Gasteiger partial charge is 0.478 e. The summed E-state index contributed by atoms with van der Waals surface area (Å²) in [5.41, 5.74) is 0. The molecular formula is C12H14F2N2O4S. The van der Waals surface area contributed by atoms with E-state index < -0.39 is 44.3 Å². The Kier molecular flexibility index (Phi) is 4.15. The van der Waals surface area contributed by atoms with Crippen LogP contribution in [0.4, 0.5) is 8.78 Å². The fourth-order valence-electron chi connectivity index (χ4n) is 1.61. The van der Waals surface area contributed by atoms with Crippen molar-refractivity contribution < 1.29 is 26.7 Å². The molecule has 1 unspecified atom stereocenters. The molecule has 1 fully saturated rings. The Morgan fingerprint density at radius 3 is 2.52 bits per heavy atom. The van der Waals surface area contributed by atoms with Gasteiger partial charge in [-0.1, -0.05) is 0 Å². The first-order chi connectivity index (χ1) is 9.70. The highest BCUT2D eigenvalue weighted by Crippen LogP contribution is 2.26. The van der Waals surface area contributed by atoms with Gasteiger partial charge in [-0.05, 0) is 31.9 Å². The minimum Gasteiger partial charge on any atom is -0.478 e. The first kappa shape index (κ1) is 15.6. The Bertz CT molecular complexity index is 674. The second kappa shape index (κ2) is 5.57.